The van der Waals surface area contributed by atoms with Gasteiger partial charge in [0, 0.05) is 23.7 Å². The van der Waals surface area contributed by atoms with Gasteiger partial charge in [0.1, 0.15) is 0 Å². The van der Waals surface area contributed by atoms with Gasteiger partial charge in [0.15, 0.2) is 0 Å². The molecule has 0 N–H and O–H groups in total. The smallest absolute Gasteiger partial charge is 0.236 e. The number of rotatable bonds is 4. The van der Waals surface area contributed by atoms with Gasteiger partial charge in [-0.3, -0.25) is 0 Å². The Labute approximate surface area is 175 Å². The molecule has 1 aliphatic rings. The molecule has 0 amide bonds. The molecule has 2 aromatic carbocycles. The van der Waals surface area contributed by atoms with Crippen molar-refractivity contribution in [2.75, 3.05) is 18.0 Å². The summed E-state index contributed by atoms with van der Waals surface area (Å²) in [6.45, 7) is 4.92. The molecule has 0 aliphatic carbocycles. The number of hydrogen-bond acceptors (Lipinski definition) is 6. The maximum atomic E-state index is 13.4. The SMILES string of the molecule is C[C@H]1CN(c2oc(-c3ccc(Cl)cc3)nc2S(=O)(=O)c2ccccc2)C[C@H](C)O1. The standard InChI is InChI=1S/C21H21ClN2O4S/c1-14-12-24(13-15(2)27-14)21-20(29(25,26)18-6-4-3-5-7-18)23-19(28-21)16-8-10-17(22)11-9-16/h3-11,14-15H,12-13H2,1-2H3/t14-,15-/m0/s1. The molecule has 3 aromatic rings. The van der Waals surface area contributed by atoms with Crippen LogP contribution in [0.1, 0.15) is 13.8 Å². The second kappa shape index (κ2) is 7.82. The number of benzene rings is 2. The third-order valence-corrected chi connectivity index (χ3v) is 6.61. The number of nitrogens with zero attached hydrogens (tertiary/aromatic N) is 2. The Bertz CT molecular complexity index is 1090. The molecule has 1 saturated heterocycles. The average molecular weight is 433 g/mol. The fraction of sp³-hybridized carbons (Fsp3) is 0.286. The maximum Gasteiger partial charge on any atom is 0.236 e. The molecule has 152 valence electrons. The number of ether oxygens (including phenoxy) is 1. The average Bonchev–Trinajstić information content (AvgIpc) is 3.15. The summed E-state index contributed by atoms with van der Waals surface area (Å²) in [4.78, 5) is 6.47. The van der Waals surface area contributed by atoms with E-state index in [1.807, 2.05) is 18.7 Å². The minimum absolute atomic E-state index is 0.0601. The van der Waals surface area contributed by atoms with Gasteiger partial charge in [-0.2, -0.15) is 4.98 Å². The highest BCUT2D eigenvalue weighted by atomic mass is 35.5. The van der Waals surface area contributed by atoms with E-state index in [0.717, 1.165) is 0 Å². The monoisotopic (exact) mass is 432 g/mol. The van der Waals surface area contributed by atoms with Crippen LogP contribution in [0.3, 0.4) is 0 Å². The van der Waals surface area contributed by atoms with Gasteiger partial charge in [0.2, 0.25) is 26.6 Å². The third-order valence-electron chi connectivity index (χ3n) is 4.69. The number of anilines is 1. The zero-order chi connectivity index (χ0) is 20.6. The molecule has 0 radical (unpaired) electrons. The number of sulfone groups is 1. The normalized spacial score (nSPS) is 20.0. The Morgan fingerprint density at radius 2 is 1.62 bits per heavy atom. The fourth-order valence-electron chi connectivity index (χ4n) is 3.44. The van der Waals surface area contributed by atoms with Crippen molar-refractivity contribution in [3.63, 3.8) is 0 Å². The molecule has 1 aliphatic heterocycles. The molecule has 0 unspecified atom stereocenters. The zero-order valence-corrected chi connectivity index (χ0v) is 17.7. The van der Waals surface area contributed by atoms with Gasteiger partial charge >= 0.3 is 0 Å². The van der Waals surface area contributed by atoms with E-state index >= 15 is 0 Å². The summed E-state index contributed by atoms with van der Waals surface area (Å²) in [6.07, 6.45) is -0.120. The van der Waals surface area contributed by atoms with Crippen LogP contribution in [-0.4, -0.2) is 38.7 Å². The van der Waals surface area contributed by atoms with Crippen LogP contribution in [0.15, 0.2) is 68.9 Å². The van der Waals surface area contributed by atoms with Crippen molar-refractivity contribution in [1.82, 2.24) is 4.98 Å². The lowest BCUT2D eigenvalue weighted by molar-refractivity contribution is -0.00657. The molecule has 0 bridgehead atoms. The van der Waals surface area contributed by atoms with Crippen molar-refractivity contribution < 1.29 is 17.6 Å². The van der Waals surface area contributed by atoms with E-state index in [9.17, 15) is 8.42 Å². The lowest BCUT2D eigenvalue weighted by atomic mass is 10.2. The van der Waals surface area contributed by atoms with Gasteiger partial charge < -0.3 is 14.1 Å². The van der Waals surface area contributed by atoms with E-state index in [1.54, 1.807) is 54.6 Å². The predicted octanol–water partition coefficient (Wildman–Crippen LogP) is 4.44. The lowest BCUT2D eigenvalue weighted by Crippen LogP contribution is -2.45. The summed E-state index contributed by atoms with van der Waals surface area (Å²) in [6, 6.07) is 15.2. The topological polar surface area (TPSA) is 72.6 Å². The first-order valence-electron chi connectivity index (χ1n) is 9.32. The summed E-state index contributed by atoms with van der Waals surface area (Å²) in [5.74, 6) is 0.471. The minimum atomic E-state index is -3.86. The van der Waals surface area contributed by atoms with Gasteiger partial charge in [-0.25, -0.2) is 8.42 Å². The Balaban J connectivity index is 1.85. The second-order valence-electron chi connectivity index (χ2n) is 7.12. The van der Waals surface area contributed by atoms with Gasteiger partial charge in [0.05, 0.1) is 17.1 Å². The van der Waals surface area contributed by atoms with Crippen LogP contribution < -0.4 is 4.90 Å². The van der Waals surface area contributed by atoms with Crippen molar-refractivity contribution in [2.45, 2.75) is 36.0 Å². The largest absolute Gasteiger partial charge is 0.419 e. The molecule has 2 atom stereocenters. The van der Waals surface area contributed by atoms with E-state index in [2.05, 4.69) is 4.98 Å². The van der Waals surface area contributed by atoms with E-state index in [1.165, 1.54) is 0 Å². The molecular formula is C21H21ClN2O4S. The Morgan fingerprint density at radius 3 is 2.24 bits per heavy atom. The van der Waals surface area contributed by atoms with Gasteiger partial charge in [0.25, 0.3) is 0 Å². The van der Waals surface area contributed by atoms with Crippen LogP contribution in [0.25, 0.3) is 11.5 Å². The number of halogens is 1. The van der Waals surface area contributed by atoms with Crippen molar-refractivity contribution in [3.05, 3.63) is 59.6 Å². The Hall–Kier alpha value is -2.35. The van der Waals surface area contributed by atoms with Crippen LogP contribution in [0.4, 0.5) is 5.88 Å². The highest BCUT2D eigenvalue weighted by Crippen LogP contribution is 2.36. The summed E-state index contributed by atoms with van der Waals surface area (Å²) >= 11 is 5.97. The maximum absolute atomic E-state index is 13.4. The van der Waals surface area contributed by atoms with Gasteiger partial charge in [-0.15, -0.1) is 0 Å². The van der Waals surface area contributed by atoms with Crippen molar-refractivity contribution >= 4 is 27.3 Å². The first kappa shape index (κ1) is 19.9. The van der Waals surface area contributed by atoms with E-state index in [-0.39, 0.29) is 33.9 Å². The third kappa shape index (κ3) is 4.03. The predicted molar refractivity (Wildman–Crippen MR) is 111 cm³/mol. The first-order valence-corrected chi connectivity index (χ1v) is 11.2. The molecular weight excluding hydrogens is 412 g/mol. The Kier molecular flexibility index (Phi) is 5.38. The summed E-state index contributed by atoms with van der Waals surface area (Å²) in [7, 11) is -3.86. The molecule has 1 fully saturated rings. The molecule has 6 nitrogen and oxygen atoms in total. The van der Waals surface area contributed by atoms with Crippen LogP contribution >= 0.6 is 11.6 Å². The zero-order valence-electron chi connectivity index (χ0n) is 16.1. The highest BCUT2D eigenvalue weighted by Gasteiger charge is 2.34. The van der Waals surface area contributed by atoms with Crippen molar-refractivity contribution in [2.24, 2.45) is 0 Å². The van der Waals surface area contributed by atoms with Crippen molar-refractivity contribution in [1.29, 1.82) is 0 Å². The molecule has 8 heteroatoms. The summed E-state index contributed by atoms with van der Waals surface area (Å²) in [5.41, 5.74) is 0.652. The van der Waals surface area contributed by atoms with E-state index < -0.39 is 9.84 Å². The second-order valence-corrected chi connectivity index (χ2v) is 9.42. The van der Waals surface area contributed by atoms with Crippen LogP contribution in [0, 0.1) is 0 Å². The lowest BCUT2D eigenvalue weighted by Gasteiger charge is -2.35. The van der Waals surface area contributed by atoms with Crippen LogP contribution in [0.5, 0.6) is 0 Å². The van der Waals surface area contributed by atoms with Crippen LogP contribution in [0.2, 0.25) is 5.02 Å². The minimum Gasteiger partial charge on any atom is -0.419 e. The number of hydrogen-bond donors (Lipinski definition) is 0. The molecule has 29 heavy (non-hydrogen) atoms. The number of morpholine rings is 1. The molecule has 1 aromatic heterocycles. The van der Waals surface area contributed by atoms with E-state index in [4.69, 9.17) is 20.8 Å². The van der Waals surface area contributed by atoms with Gasteiger partial charge in [-0.05, 0) is 50.2 Å². The molecule has 0 saturated carbocycles. The first-order chi connectivity index (χ1) is 13.8. The quantitative estimate of drug-likeness (QED) is 0.606. The molecule has 0 spiro atoms. The number of oxazole rings is 1. The highest BCUT2D eigenvalue weighted by molar-refractivity contribution is 7.91. The fourth-order valence-corrected chi connectivity index (χ4v) is 4.91. The Morgan fingerprint density at radius 1 is 1.00 bits per heavy atom. The number of aromatic nitrogens is 1. The molecule has 4 rings (SSSR count). The van der Waals surface area contributed by atoms with Gasteiger partial charge in [-0.1, -0.05) is 29.8 Å². The summed E-state index contributed by atoms with van der Waals surface area (Å²) in [5, 5.41) is 0.489. The van der Waals surface area contributed by atoms with Crippen molar-refractivity contribution in [3.8, 4) is 11.5 Å². The summed E-state index contributed by atoms with van der Waals surface area (Å²) < 4.78 is 38.5. The van der Waals surface area contributed by atoms with E-state index in [0.29, 0.717) is 23.7 Å². The van der Waals surface area contributed by atoms with Crippen LogP contribution in [-0.2, 0) is 14.6 Å². The molecule has 2 heterocycles.